The minimum atomic E-state index is -1.86. The van der Waals surface area contributed by atoms with E-state index in [2.05, 4.69) is 36.6 Å². The minimum Gasteiger partial charge on any atom is -0.464 e. The van der Waals surface area contributed by atoms with E-state index in [0.29, 0.717) is 5.56 Å². The van der Waals surface area contributed by atoms with Crippen molar-refractivity contribution in [2.75, 3.05) is 6.61 Å². The number of alkyl halides is 1. The van der Waals surface area contributed by atoms with Crippen molar-refractivity contribution in [3.05, 3.63) is 32.7 Å². The molecular weight excluding hydrogens is 392 g/mol. The number of benzene rings is 1. The zero-order valence-corrected chi connectivity index (χ0v) is 13.5. The van der Waals surface area contributed by atoms with Gasteiger partial charge < -0.3 is 10.5 Å². The zero-order valence-electron chi connectivity index (χ0n) is 9.53. The smallest absolute Gasteiger partial charge is 0.342 e. The number of ether oxygens (including phenoxy) is 1. The van der Waals surface area contributed by atoms with Gasteiger partial charge in [-0.15, -0.1) is 12.4 Å². The average molecular weight is 405 g/mol. The van der Waals surface area contributed by atoms with Crippen molar-refractivity contribution in [1.29, 1.82) is 0 Å². The van der Waals surface area contributed by atoms with Crippen LogP contribution < -0.4 is 5.73 Å². The Hall–Kier alpha value is -0.170. The molecule has 0 radical (unpaired) electrons. The van der Waals surface area contributed by atoms with Crippen LogP contribution in [0.25, 0.3) is 0 Å². The van der Waals surface area contributed by atoms with Crippen molar-refractivity contribution in [3.63, 3.8) is 0 Å². The first kappa shape index (κ1) is 17.8. The summed E-state index contributed by atoms with van der Waals surface area (Å²) < 4.78 is 19.8. The molecule has 3 nitrogen and oxygen atoms in total. The highest BCUT2D eigenvalue weighted by atomic mass is 79.9. The Labute approximate surface area is 128 Å². The van der Waals surface area contributed by atoms with Gasteiger partial charge in [0.2, 0.25) is 6.17 Å². The third-order valence-electron chi connectivity index (χ3n) is 2.10. The monoisotopic (exact) mass is 403 g/mol. The third kappa shape index (κ3) is 4.84. The molecule has 102 valence electrons. The number of esters is 1. The summed E-state index contributed by atoms with van der Waals surface area (Å²) in [5.41, 5.74) is 6.21. The van der Waals surface area contributed by atoms with E-state index in [1.165, 1.54) is 0 Å². The summed E-state index contributed by atoms with van der Waals surface area (Å²) in [7, 11) is 0. The molecule has 0 aliphatic rings. The van der Waals surface area contributed by atoms with Crippen molar-refractivity contribution in [3.8, 4) is 0 Å². The maximum absolute atomic E-state index is 13.7. The molecule has 0 aliphatic heterocycles. The number of rotatable bonds is 4. The highest BCUT2D eigenvalue weighted by Crippen LogP contribution is 2.26. The van der Waals surface area contributed by atoms with Crippen LogP contribution in [-0.2, 0) is 9.53 Å². The fourth-order valence-corrected chi connectivity index (χ4v) is 2.63. The average Bonchev–Trinajstić information content (AvgIpc) is 2.26. The fraction of sp³-hybridized carbons (Fsp3) is 0.364. The third-order valence-corrected chi connectivity index (χ3v) is 3.01. The lowest BCUT2D eigenvalue weighted by molar-refractivity contribution is -0.149. The SMILES string of the molecule is CCOC(=O)C(F)[C@@H](N)c1cc(Br)cc(Br)c1.Cl. The molecule has 7 heteroatoms. The summed E-state index contributed by atoms with van der Waals surface area (Å²) in [5, 5.41) is 0. The minimum absolute atomic E-state index is 0. The lowest BCUT2D eigenvalue weighted by atomic mass is 10.0. The van der Waals surface area contributed by atoms with E-state index in [-0.39, 0.29) is 19.0 Å². The molecule has 1 aromatic carbocycles. The maximum atomic E-state index is 13.7. The van der Waals surface area contributed by atoms with E-state index in [1.807, 2.05) is 0 Å². The van der Waals surface area contributed by atoms with Crippen molar-refractivity contribution in [2.45, 2.75) is 19.1 Å². The highest BCUT2D eigenvalue weighted by Gasteiger charge is 2.28. The molecule has 2 N–H and O–H groups in total. The van der Waals surface area contributed by atoms with Crippen molar-refractivity contribution in [1.82, 2.24) is 0 Å². The zero-order chi connectivity index (χ0) is 13.0. The second kappa shape index (κ2) is 8.09. The van der Waals surface area contributed by atoms with Gasteiger partial charge in [0.25, 0.3) is 0 Å². The molecule has 2 atom stereocenters. The lowest BCUT2D eigenvalue weighted by Gasteiger charge is -2.16. The Balaban J connectivity index is 0.00000289. The molecule has 1 aromatic rings. The van der Waals surface area contributed by atoms with Crippen molar-refractivity contribution >= 4 is 50.2 Å². The van der Waals surface area contributed by atoms with Crippen LogP contribution in [0, 0.1) is 0 Å². The fourth-order valence-electron chi connectivity index (χ4n) is 1.31. The van der Waals surface area contributed by atoms with E-state index in [4.69, 9.17) is 5.73 Å². The Morgan fingerprint density at radius 1 is 1.39 bits per heavy atom. The molecule has 1 unspecified atom stereocenters. The van der Waals surface area contributed by atoms with Crippen LogP contribution in [0.4, 0.5) is 4.39 Å². The van der Waals surface area contributed by atoms with Gasteiger partial charge in [-0.05, 0) is 30.7 Å². The van der Waals surface area contributed by atoms with E-state index in [0.717, 1.165) is 8.95 Å². The molecule has 0 saturated carbocycles. The van der Waals surface area contributed by atoms with E-state index in [1.54, 1.807) is 25.1 Å². The molecule has 0 heterocycles. The lowest BCUT2D eigenvalue weighted by Crippen LogP contribution is -2.31. The first-order valence-electron chi connectivity index (χ1n) is 4.98. The van der Waals surface area contributed by atoms with Crippen LogP contribution in [0.3, 0.4) is 0 Å². The summed E-state index contributed by atoms with van der Waals surface area (Å²) in [6, 6.07) is 4.10. The van der Waals surface area contributed by atoms with Gasteiger partial charge in [-0.1, -0.05) is 31.9 Å². The Morgan fingerprint density at radius 3 is 2.33 bits per heavy atom. The highest BCUT2D eigenvalue weighted by molar-refractivity contribution is 9.11. The first-order chi connectivity index (χ1) is 7.95. The summed E-state index contributed by atoms with van der Waals surface area (Å²) in [5.74, 6) is -0.934. The maximum Gasteiger partial charge on any atom is 0.342 e. The van der Waals surface area contributed by atoms with Crippen LogP contribution in [0.5, 0.6) is 0 Å². The molecular formula is C11H13Br2ClFNO2. The molecule has 0 aromatic heterocycles. The van der Waals surface area contributed by atoms with Gasteiger partial charge >= 0.3 is 5.97 Å². The molecule has 1 rings (SSSR count). The van der Waals surface area contributed by atoms with Gasteiger partial charge in [-0.25, -0.2) is 9.18 Å². The number of nitrogens with two attached hydrogens (primary N) is 1. The Kier molecular flexibility index (Phi) is 8.02. The Bertz CT molecular complexity index is 400. The normalized spacial score (nSPS) is 13.4. The quantitative estimate of drug-likeness (QED) is 0.780. The summed E-state index contributed by atoms with van der Waals surface area (Å²) in [4.78, 5) is 11.2. The molecule has 0 bridgehead atoms. The largest absolute Gasteiger partial charge is 0.464 e. The topological polar surface area (TPSA) is 52.3 Å². The van der Waals surface area contributed by atoms with Gasteiger partial charge in [0.15, 0.2) is 0 Å². The number of hydrogen-bond acceptors (Lipinski definition) is 3. The van der Waals surface area contributed by atoms with Crippen molar-refractivity contribution in [2.24, 2.45) is 5.73 Å². The standard InChI is InChI=1S/C11H12Br2FNO2.ClH/c1-2-17-11(16)9(14)10(15)6-3-7(12)5-8(13)4-6;/h3-5,9-10H,2,15H2,1H3;1H/t9?,10-;/m0./s1. The van der Waals surface area contributed by atoms with Gasteiger partial charge in [0, 0.05) is 8.95 Å². The number of carbonyl (C=O) groups is 1. The van der Waals surface area contributed by atoms with Crippen LogP contribution in [0.1, 0.15) is 18.5 Å². The predicted octanol–water partition coefficient (Wildman–Crippen LogP) is 3.53. The molecule has 0 aliphatic carbocycles. The van der Waals surface area contributed by atoms with Gasteiger partial charge in [-0.2, -0.15) is 0 Å². The van der Waals surface area contributed by atoms with Gasteiger partial charge in [0.1, 0.15) is 0 Å². The molecule has 0 saturated heterocycles. The number of carbonyl (C=O) groups excluding carboxylic acids is 1. The van der Waals surface area contributed by atoms with E-state index in [9.17, 15) is 9.18 Å². The number of hydrogen-bond donors (Lipinski definition) is 1. The molecule has 18 heavy (non-hydrogen) atoms. The van der Waals surface area contributed by atoms with Crippen LogP contribution >= 0.6 is 44.3 Å². The molecule has 0 spiro atoms. The van der Waals surface area contributed by atoms with E-state index < -0.39 is 18.2 Å². The summed E-state index contributed by atoms with van der Waals surface area (Å²) >= 11 is 6.55. The first-order valence-corrected chi connectivity index (χ1v) is 6.56. The second-order valence-corrected chi connectivity index (χ2v) is 5.21. The predicted molar refractivity (Wildman–Crippen MR) is 77.5 cm³/mol. The second-order valence-electron chi connectivity index (χ2n) is 3.38. The Morgan fingerprint density at radius 2 is 1.89 bits per heavy atom. The summed E-state index contributed by atoms with van der Waals surface area (Å²) in [6.45, 7) is 1.75. The molecule has 0 amide bonds. The van der Waals surface area contributed by atoms with Crippen LogP contribution in [0.15, 0.2) is 27.1 Å². The van der Waals surface area contributed by atoms with Gasteiger partial charge in [-0.3, -0.25) is 0 Å². The van der Waals surface area contributed by atoms with E-state index >= 15 is 0 Å². The van der Waals surface area contributed by atoms with Crippen molar-refractivity contribution < 1.29 is 13.9 Å². The van der Waals surface area contributed by atoms with Crippen LogP contribution in [-0.4, -0.2) is 18.7 Å². The summed E-state index contributed by atoms with van der Waals surface area (Å²) in [6.07, 6.45) is -1.86. The number of halogens is 4. The van der Waals surface area contributed by atoms with Crippen LogP contribution in [0.2, 0.25) is 0 Å². The van der Waals surface area contributed by atoms with Gasteiger partial charge in [0.05, 0.1) is 12.6 Å². The molecule has 0 fully saturated rings.